The number of esters is 1. The Bertz CT molecular complexity index is 181. The highest BCUT2D eigenvalue weighted by atomic mass is 16.6. The van der Waals surface area contributed by atoms with Crippen molar-refractivity contribution in [1.82, 2.24) is 0 Å². The first-order chi connectivity index (χ1) is 5.54. The van der Waals surface area contributed by atoms with Gasteiger partial charge in [0.1, 0.15) is 5.60 Å². The highest BCUT2D eigenvalue weighted by Gasteiger charge is 2.36. The molecule has 0 amide bonds. The van der Waals surface area contributed by atoms with Crippen molar-refractivity contribution in [3.05, 3.63) is 0 Å². The summed E-state index contributed by atoms with van der Waals surface area (Å²) in [5.74, 6) is -0.227. The van der Waals surface area contributed by atoms with E-state index in [1.807, 2.05) is 6.92 Å². The van der Waals surface area contributed by atoms with E-state index < -0.39 is 5.60 Å². The molecule has 2 unspecified atom stereocenters. The number of hydrogen-bond acceptors (Lipinski definition) is 3. The van der Waals surface area contributed by atoms with Gasteiger partial charge in [-0.15, -0.1) is 0 Å². The maximum absolute atomic E-state index is 10.8. The van der Waals surface area contributed by atoms with Gasteiger partial charge >= 0.3 is 5.97 Å². The Hall–Kier alpha value is -0.570. The van der Waals surface area contributed by atoms with Crippen LogP contribution >= 0.6 is 0 Å². The van der Waals surface area contributed by atoms with Crippen LogP contribution in [0, 0.1) is 0 Å². The molecule has 0 heterocycles. The topological polar surface area (TPSA) is 52.3 Å². The van der Waals surface area contributed by atoms with E-state index in [1.54, 1.807) is 0 Å². The molecule has 0 aromatic heterocycles. The van der Waals surface area contributed by atoms with Crippen molar-refractivity contribution in [3.63, 3.8) is 0 Å². The molecule has 0 aromatic carbocycles. The summed E-state index contributed by atoms with van der Waals surface area (Å²) >= 11 is 0. The number of rotatable bonds is 1. The van der Waals surface area contributed by atoms with Crippen molar-refractivity contribution in [2.24, 2.45) is 5.73 Å². The molecule has 0 bridgehead atoms. The number of carbonyl (C=O) groups is 1. The second kappa shape index (κ2) is 3.44. The highest BCUT2D eigenvalue weighted by Crippen LogP contribution is 2.30. The fourth-order valence-corrected chi connectivity index (χ4v) is 1.79. The lowest BCUT2D eigenvalue weighted by molar-refractivity contribution is -0.160. The highest BCUT2D eigenvalue weighted by molar-refractivity contribution is 5.66. The van der Waals surface area contributed by atoms with Crippen LogP contribution in [0.25, 0.3) is 0 Å². The van der Waals surface area contributed by atoms with Gasteiger partial charge < -0.3 is 10.5 Å². The summed E-state index contributed by atoms with van der Waals surface area (Å²) in [6.07, 6.45) is 4.12. The van der Waals surface area contributed by atoms with Crippen molar-refractivity contribution in [2.45, 2.75) is 51.2 Å². The van der Waals surface area contributed by atoms with Crippen LogP contribution in [0.15, 0.2) is 0 Å². The zero-order valence-corrected chi connectivity index (χ0v) is 7.80. The Labute approximate surface area is 73.3 Å². The average Bonchev–Trinajstić information content (AvgIpc) is 1.94. The predicted molar refractivity (Wildman–Crippen MR) is 46.6 cm³/mol. The van der Waals surface area contributed by atoms with E-state index in [2.05, 4.69) is 0 Å². The quantitative estimate of drug-likeness (QED) is 0.603. The van der Waals surface area contributed by atoms with Gasteiger partial charge in [0.2, 0.25) is 0 Å². The minimum Gasteiger partial charge on any atom is -0.458 e. The van der Waals surface area contributed by atoms with Crippen LogP contribution in [0.5, 0.6) is 0 Å². The average molecular weight is 171 g/mol. The first-order valence-electron chi connectivity index (χ1n) is 4.50. The smallest absolute Gasteiger partial charge is 0.303 e. The van der Waals surface area contributed by atoms with Crippen molar-refractivity contribution < 1.29 is 9.53 Å². The fourth-order valence-electron chi connectivity index (χ4n) is 1.79. The van der Waals surface area contributed by atoms with Crippen LogP contribution in [0.2, 0.25) is 0 Å². The van der Waals surface area contributed by atoms with Gasteiger partial charge in [-0.2, -0.15) is 0 Å². The van der Waals surface area contributed by atoms with Gasteiger partial charge in [0.05, 0.1) is 0 Å². The first-order valence-corrected chi connectivity index (χ1v) is 4.50. The summed E-state index contributed by atoms with van der Waals surface area (Å²) in [7, 11) is 0. The molecule has 2 atom stereocenters. The van der Waals surface area contributed by atoms with E-state index in [0.717, 1.165) is 25.7 Å². The summed E-state index contributed by atoms with van der Waals surface area (Å²) < 4.78 is 5.23. The second-order valence-corrected chi connectivity index (χ2v) is 3.76. The number of ether oxygens (including phenoxy) is 1. The summed E-state index contributed by atoms with van der Waals surface area (Å²) in [6.45, 7) is 3.37. The minimum atomic E-state index is -0.413. The summed E-state index contributed by atoms with van der Waals surface area (Å²) in [4.78, 5) is 10.8. The first kappa shape index (κ1) is 9.52. The van der Waals surface area contributed by atoms with Gasteiger partial charge in [0.25, 0.3) is 0 Å². The number of hydrogen-bond donors (Lipinski definition) is 1. The van der Waals surface area contributed by atoms with Crippen molar-refractivity contribution in [1.29, 1.82) is 0 Å². The third kappa shape index (κ3) is 1.97. The zero-order chi connectivity index (χ0) is 9.19. The van der Waals surface area contributed by atoms with Gasteiger partial charge in [-0.25, -0.2) is 0 Å². The van der Waals surface area contributed by atoms with Gasteiger partial charge in [0, 0.05) is 13.0 Å². The van der Waals surface area contributed by atoms with Crippen LogP contribution in [-0.2, 0) is 9.53 Å². The van der Waals surface area contributed by atoms with E-state index in [1.165, 1.54) is 6.92 Å². The minimum absolute atomic E-state index is 0.00940. The molecular formula is C9H17NO2. The molecule has 2 N–H and O–H groups in total. The van der Waals surface area contributed by atoms with Gasteiger partial charge in [0.15, 0.2) is 0 Å². The van der Waals surface area contributed by atoms with Gasteiger partial charge in [-0.1, -0.05) is 6.42 Å². The zero-order valence-electron chi connectivity index (χ0n) is 7.80. The largest absolute Gasteiger partial charge is 0.458 e. The standard InChI is InChI=1S/C9H17NO2/c1-7(11)12-9(2)6-4-3-5-8(9)10/h8H,3-6,10H2,1-2H3. The van der Waals surface area contributed by atoms with E-state index in [-0.39, 0.29) is 12.0 Å². The molecule has 1 rings (SSSR count). The summed E-state index contributed by atoms with van der Waals surface area (Å²) in [5.41, 5.74) is 5.47. The maximum atomic E-state index is 10.8. The molecule has 0 saturated heterocycles. The molecule has 0 aromatic rings. The molecule has 1 aliphatic carbocycles. The van der Waals surface area contributed by atoms with Crippen LogP contribution < -0.4 is 5.73 Å². The Balaban J connectivity index is 2.59. The van der Waals surface area contributed by atoms with Crippen LogP contribution in [0.4, 0.5) is 0 Å². The molecule has 1 fully saturated rings. The van der Waals surface area contributed by atoms with Gasteiger partial charge in [-0.3, -0.25) is 4.79 Å². The molecule has 0 radical (unpaired) electrons. The van der Waals surface area contributed by atoms with Crippen molar-refractivity contribution in [3.8, 4) is 0 Å². The van der Waals surface area contributed by atoms with Crippen molar-refractivity contribution in [2.75, 3.05) is 0 Å². The van der Waals surface area contributed by atoms with E-state index in [0.29, 0.717) is 0 Å². The van der Waals surface area contributed by atoms with E-state index in [9.17, 15) is 4.79 Å². The maximum Gasteiger partial charge on any atom is 0.303 e. The Morgan fingerprint density at radius 3 is 2.75 bits per heavy atom. The second-order valence-electron chi connectivity index (χ2n) is 3.76. The summed E-state index contributed by atoms with van der Waals surface area (Å²) in [5, 5.41) is 0. The van der Waals surface area contributed by atoms with E-state index in [4.69, 9.17) is 10.5 Å². The van der Waals surface area contributed by atoms with Crippen LogP contribution in [0.3, 0.4) is 0 Å². The van der Waals surface area contributed by atoms with Crippen molar-refractivity contribution >= 4 is 5.97 Å². The molecule has 3 heteroatoms. The Morgan fingerprint density at radius 2 is 2.25 bits per heavy atom. The molecule has 12 heavy (non-hydrogen) atoms. The third-order valence-corrected chi connectivity index (χ3v) is 2.60. The Kier molecular flexibility index (Phi) is 2.73. The fraction of sp³-hybridized carbons (Fsp3) is 0.889. The number of carbonyl (C=O) groups excluding carboxylic acids is 1. The lowest BCUT2D eigenvalue weighted by Gasteiger charge is -2.38. The molecule has 0 spiro atoms. The van der Waals surface area contributed by atoms with E-state index >= 15 is 0 Å². The molecule has 3 nitrogen and oxygen atoms in total. The molecule has 1 aliphatic rings. The number of nitrogens with two attached hydrogens (primary N) is 1. The van der Waals surface area contributed by atoms with Gasteiger partial charge in [-0.05, 0) is 26.2 Å². The molecular weight excluding hydrogens is 154 g/mol. The SMILES string of the molecule is CC(=O)OC1(C)CCCCC1N. The predicted octanol–water partition coefficient (Wildman–Crippen LogP) is 1.21. The third-order valence-electron chi connectivity index (χ3n) is 2.60. The summed E-state index contributed by atoms with van der Waals surface area (Å²) in [6, 6.07) is 0.00940. The molecule has 70 valence electrons. The normalized spacial score (nSPS) is 36.1. The van der Waals surface area contributed by atoms with Crippen LogP contribution in [-0.4, -0.2) is 17.6 Å². The van der Waals surface area contributed by atoms with Crippen LogP contribution in [0.1, 0.15) is 39.5 Å². The molecule has 0 aliphatic heterocycles. The monoisotopic (exact) mass is 171 g/mol. The lowest BCUT2D eigenvalue weighted by atomic mass is 9.82. The molecule has 1 saturated carbocycles. The lowest BCUT2D eigenvalue weighted by Crippen LogP contribution is -2.50. The Morgan fingerprint density at radius 1 is 1.58 bits per heavy atom.